The second-order valence-electron chi connectivity index (χ2n) is 5.01. The van der Waals surface area contributed by atoms with Gasteiger partial charge in [0.25, 0.3) is 0 Å². The molecule has 1 aromatic carbocycles. The van der Waals surface area contributed by atoms with E-state index in [1.807, 2.05) is 29.0 Å². The molecule has 18 heavy (non-hydrogen) atoms. The van der Waals surface area contributed by atoms with Gasteiger partial charge in [-0.15, -0.1) is 0 Å². The second-order valence-corrected chi connectivity index (χ2v) is 5.01. The summed E-state index contributed by atoms with van der Waals surface area (Å²) in [5, 5.41) is 0. The zero-order valence-electron chi connectivity index (χ0n) is 10.4. The molecule has 1 aliphatic rings. The highest BCUT2D eigenvalue weighted by atomic mass is 16.1. The normalized spacial score (nSPS) is 16.9. The third-order valence-corrected chi connectivity index (χ3v) is 3.82. The van der Waals surface area contributed by atoms with Gasteiger partial charge in [-0.05, 0) is 18.4 Å². The predicted octanol–water partition coefficient (Wildman–Crippen LogP) is 3.35. The molecule has 3 rings (SSSR count). The van der Waals surface area contributed by atoms with Crippen molar-refractivity contribution in [3.05, 3.63) is 47.0 Å². The average Bonchev–Trinajstić information content (AvgIpc) is 2.83. The third kappa shape index (κ3) is 2.01. The number of aromatic amines is 1. The molecule has 0 bridgehead atoms. The van der Waals surface area contributed by atoms with Gasteiger partial charge in [0.15, 0.2) is 0 Å². The highest BCUT2D eigenvalue weighted by molar-refractivity contribution is 5.58. The molecular weight excluding hydrogens is 224 g/mol. The predicted molar refractivity (Wildman–Crippen MR) is 72.6 cm³/mol. The molecule has 0 radical (unpaired) electrons. The van der Waals surface area contributed by atoms with Crippen LogP contribution in [-0.4, -0.2) is 9.55 Å². The summed E-state index contributed by atoms with van der Waals surface area (Å²) in [6, 6.07) is 10.5. The Bertz CT molecular complexity index is 562. The Morgan fingerprint density at radius 3 is 2.50 bits per heavy atom. The first-order valence-corrected chi connectivity index (χ1v) is 6.71. The van der Waals surface area contributed by atoms with E-state index in [9.17, 15) is 4.79 Å². The molecule has 0 unspecified atom stereocenters. The molecule has 94 valence electrons. The quantitative estimate of drug-likeness (QED) is 0.861. The van der Waals surface area contributed by atoms with Crippen LogP contribution in [-0.2, 0) is 0 Å². The molecule has 1 fully saturated rings. The minimum atomic E-state index is 0.0285. The lowest BCUT2D eigenvalue weighted by Gasteiger charge is -2.24. The average molecular weight is 242 g/mol. The first-order chi connectivity index (χ1) is 8.86. The van der Waals surface area contributed by atoms with Gasteiger partial charge in [-0.1, -0.05) is 49.6 Å². The van der Waals surface area contributed by atoms with E-state index in [0.717, 1.165) is 24.1 Å². The van der Waals surface area contributed by atoms with Crippen molar-refractivity contribution in [1.29, 1.82) is 0 Å². The Balaban J connectivity index is 2.03. The summed E-state index contributed by atoms with van der Waals surface area (Å²) in [4.78, 5) is 14.9. The molecule has 1 N–H and O–H groups in total. The van der Waals surface area contributed by atoms with Crippen molar-refractivity contribution in [1.82, 2.24) is 9.55 Å². The Labute approximate surface area is 106 Å². The van der Waals surface area contributed by atoms with Gasteiger partial charge in [-0.25, -0.2) is 4.79 Å². The van der Waals surface area contributed by atoms with Gasteiger partial charge >= 0.3 is 5.69 Å². The number of hydrogen-bond donors (Lipinski definition) is 1. The second kappa shape index (κ2) is 4.84. The summed E-state index contributed by atoms with van der Waals surface area (Å²) in [7, 11) is 0. The van der Waals surface area contributed by atoms with Crippen LogP contribution >= 0.6 is 0 Å². The van der Waals surface area contributed by atoms with Gasteiger partial charge in [-0.3, -0.25) is 4.57 Å². The van der Waals surface area contributed by atoms with Crippen molar-refractivity contribution in [3.8, 4) is 11.3 Å². The Morgan fingerprint density at radius 1 is 1.06 bits per heavy atom. The number of nitrogens with one attached hydrogen (secondary N) is 1. The SMILES string of the molecule is O=c1[nH]cc(-c2ccccc2)n1C1CCCCC1. The number of benzene rings is 1. The monoisotopic (exact) mass is 242 g/mol. The minimum absolute atomic E-state index is 0.0285. The fourth-order valence-corrected chi connectivity index (χ4v) is 2.91. The summed E-state index contributed by atoms with van der Waals surface area (Å²) in [6.07, 6.45) is 7.85. The van der Waals surface area contributed by atoms with E-state index in [-0.39, 0.29) is 5.69 Å². The van der Waals surface area contributed by atoms with Crippen molar-refractivity contribution < 1.29 is 0 Å². The van der Waals surface area contributed by atoms with Crippen molar-refractivity contribution in [2.45, 2.75) is 38.1 Å². The van der Waals surface area contributed by atoms with Gasteiger partial charge in [-0.2, -0.15) is 0 Å². The molecule has 0 saturated heterocycles. The molecule has 3 nitrogen and oxygen atoms in total. The highest BCUT2D eigenvalue weighted by Gasteiger charge is 2.20. The summed E-state index contributed by atoms with van der Waals surface area (Å²) in [6.45, 7) is 0. The van der Waals surface area contributed by atoms with Crippen molar-refractivity contribution in [3.63, 3.8) is 0 Å². The zero-order chi connectivity index (χ0) is 12.4. The molecule has 0 atom stereocenters. The number of aromatic nitrogens is 2. The highest BCUT2D eigenvalue weighted by Crippen LogP contribution is 2.30. The van der Waals surface area contributed by atoms with E-state index in [1.54, 1.807) is 0 Å². The fraction of sp³-hybridized carbons (Fsp3) is 0.400. The van der Waals surface area contributed by atoms with E-state index in [0.29, 0.717) is 6.04 Å². The number of nitrogens with zero attached hydrogens (tertiary/aromatic N) is 1. The lowest BCUT2D eigenvalue weighted by atomic mass is 9.95. The van der Waals surface area contributed by atoms with Crippen LogP contribution < -0.4 is 5.69 Å². The van der Waals surface area contributed by atoms with Crippen LogP contribution in [0.1, 0.15) is 38.1 Å². The summed E-state index contributed by atoms with van der Waals surface area (Å²) < 4.78 is 1.95. The van der Waals surface area contributed by atoms with Crippen LogP contribution in [0.3, 0.4) is 0 Å². The van der Waals surface area contributed by atoms with Crippen molar-refractivity contribution >= 4 is 0 Å². The molecule has 1 aromatic heterocycles. The van der Waals surface area contributed by atoms with E-state index in [4.69, 9.17) is 0 Å². The van der Waals surface area contributed by atoms with E-state index >= 15 is 0 Å². The van der Waals surface area contributed by atoms with Gasteiger partial charge in [0, 0.05) is 12.2 Å². The molecule has 2 aromatic rings. The van der Waals surface area contributed by atoms with E-state index in [1.165, 1.54) is 19.3 Å². The molecule has 1 heterocycles. The van der Waals surface area contributed by atoms with Gasteiger partial charge in [0.1, 0.15) is 0 Å². The van der Waals surface area contributed by atoms with Gasteiger partial charge < -0.3 is 4.98 Å². The Hall–Kier alpha value is -1.77. The van der Waals surface area contributed by atoms with E-state index < -0.39 is 0 Å². The summed E-state index contributed by atoms with van der Waals surface area (Å²) in [5.74, 6) is 0. The zero-order valence-corrected chi connectivity index (χ0v) is 10.4. The Morgan fingerprint density at radius 2 is 1.78 bits per heavy atom. The standard InChI is InChI=1S/C15H18N2O/c18-15-16-11-14(12-7-3-1-4-8-12)17(15)13-9-5-2-6-10-13/h1,3-4,7-8,11,13H,2,5-6,9-10H2,(H,16,18). The molecule has 1 aliphatic carbocycles. The van der Waals surface area contributed by atoms with Crippen LogP contribution in [0.2, 0.25) is 0 Å². The summed E-state index contributed by atoms with van der Waals surface area (Å²) in [5.41, 5.74) is 2.16. The van der Waals surface area contributed by atoms with E-state index in [2.05, 4.69) is 17.1 Å². The lowest BCUT2D eigenvalue weighted by Crippen LogP contribution is -2.24. The number of H-pyrrole nitrogens is 1. The largest absolute Gasteiger partial charge is 0.326 e. The van der Waals surface area contributed by atoms with Crippen LogP contribution in [0.25, 0.3) is 11.3 Å². The first-order valence-electron chi connectivity index (χ1n) is 6.71. The van der Waals surface area contributed by atoms with Crippen LogP contribution in [0, 0.1) is 0 Å². The van der Waals surface area contributed by atoms with Crippen LogP contribution in [0.15, 0.2) is 41.3 Å². The maximum atomic E-state index is 12.0. The lowest BCUT2D eigenvalue weighted by molar-refractivity contribution is 0.349. The van der Waals surface area contributed by atoms with Gasteiger partial charge in [0.2, 0.25) is 0 Å². The molecule has 1 saturated carbocycles. The van der Waals surface area contributed by atoms with Gasteiger partial charge in [0.05, 0.1) is 5.69 Å². The molecule has 0 aliphatic heterocycles. The molecule has 0 amide bonds. The Kier molecular flexibility index (Phi) is 3.05. The number of imidazole rings is 1. The van der Waals surface area contributed by atoms with Crippen LogP contribution in [0.4, 0.5) is 0 Å². The minimum Gasteiger partial charge on any atom is -0.312 e. The molecule has 0 spiro atoms. The fourth-order valence-electron chi connectivity index (χ4n) is 2.91. The van der Waals surface area contributed by atoms with Crippen molar-refractivity contribution in [2.75, 3.05) is 0 Å². The topological polar surface area (TPSA) is 37.8 Å². The number of hydrogen-bond acceptors (Lipinski definition) is 1. The maximum Gasteiger partial charge on any atom is 0.326 e. The molecular formula is C15H18N2O. The van der Waals surface area contributed by atoms with Crippen molar-refractivity contribution in [2.24, 2.45) is 0 Å². The smallest absolute Gasteiger partial charge is 0.312 e. The molecule has 3 heteroatoms. The first kappa shape index (κ1) is 11.3. The van der Waals surface area contributed by atoms with Crippen LogP contribution in [0.5, 0.6) is 0 Å². The number of rotatable bonds is 2. The maximum absolute atomic E-state index is 12.0. The summed E-state index contributed by atoms with van der Waals surface area (Å²) >= 11 is 0. The third-order valence-electron chi connectivity index (χ3n) is 3.82.